The molecule has 0 radical (unpaired) electrons. The fourth-order valence-corrected chi connectivity index (χ4v) is 3.28. The summed E-state index contributed by atoms with van der Waals surface area (Å²) >= 11 is 2.66. The molecule has 3 rings (SSSR count). The normalized spacial score (nSPS) is 10.6. The molecule has 0 aliphatic carbocycles. The molecule has 21 heavy (non-hydrogen) atoms. The van der Waals surface area contributed by atoms with Crippen LogP contribution in [0.5, 0.6) is 0 Å². The molecular formula is C15H13N3OS2. The number of rotatable bonds is 3. The highest BCUT2D eigenvalue weighted by atomic mass is 32.1. The zero-order valence-corrected chi connectivity index (χ0v) is 13.2. The quantitative estimate of drug-likeness (QED) is 0.790. The molecule has 4 nitrogen and oxygen atoms in total. The summed E-state index contributed by atoms with van der Waals surface area (Å²) in [5.41, 5.74) is 3.78. The predicted molar refractivity (Wildman–Crippen MR) is 87.1 cm³/mol. The Hall–Kier alpha value is -2.05. The zero-order valence-electron chi connectivity index (χ0n) is 11.6. The van der Waals surface area contributed by atoms with Crippen molar-refractivity contribution in [3.8, 4) is 10.6 Å². The average Bonchev–Trinajstić information content (AvgIpc) is 3.12. The van der Waals surface area contributed by atoms with E-state index in [1.807, 2.05) is 49.6 Å². The number of amides is 1. The van der Waals surface area contributed by atoms with Gasteiger partial charge in [-0.05, 0) is 60.1 Å². The summed E-state index contributed by atoms with van der Waals surface area (Å²) in [5.74, 6) is -0.170. The number of carbonyl (C=O) groups excluding carboxylic acids is 1. The molecule has 3 aromatic rings. The van der Waals surface area contributed by atoms with Crippen molar-refractivity contribution >= 4 is 34.5 Å². The largest absolute Gasteiger partial charge is 0.321 e. The second kappa shape index (κ2) is 5.75. The van der Waals surface area contributed by atoms with E-state index < -0.39 is 0 Å². The van der Waals surface area contributed by atoms with Crippen molar-refractivity contribution in [2.75, 3.05) is 5.32 Å². The second-order valence-corrected chi connectivity index (χ2v) is 6.38. The lowest BCUT2D eigenvalue weighted by atomic mass is 10.1. The molecule has 0 aliphatic heterocycles. The van der Waals surface area contributed by atoms with Crippen LogP contribution in [-0.4, -0.2) is 15.5 Å². The van der Waals surface area contributed by atoms with Gasteiger partial charge in [0.05, 0.1) is 4.88 Å². The number of thiophene rings is 1. The van der Waals surface area contributed by atoms with Crippen LogP contribution in [0.4, 0.5) is 5.69 Å². The molecule has 1 aromatic carbocycles. The highest BCUT2D eigenvalue weighted by Gasteiger charge is 2.18. The van der Waals surface area contributed by atoms with Gasteiger partial charge >= 0.3 is 0 Å². The number of benzene rings is 1. The van der Waals surface area contributed by atoms with Crippen LogP contribution in [-0.2, 0) is 0 Å². The third-order valence-electron chi connectivity index (χ3n) is 3.21. The number of aromatic nitrogens is 2. The molecule has 0 saturated heterocycles. The summed E-state index contributed by atoms with van der Waals surface area (Å²) < 4.78 is 3.91. The van der Waals surface area contributed by atoms with Crippen LogP contribution >= 0.6 is 22.9 Å². The maximum atomic E-state index is 12.4. The highest BCUT2D eigenvalue weighted by Crippen LogP contribution is 2.28. The van der Waals surface area contributed by atoms with Gasteiger partial charge in [-0.15, -0.1) is 16.4 Å². The van der Waals surface area contributed by atoms with Gasteiger partial charge in [-0.3, -0.25) is 4.79 Å². The monoisotopic (exact) mass is 315 g/mol. The number of nitrogens with one attached hydrogen (secondary N) is 1. The van der Waals surface area contributed by atoms with E-state index in [2.05, 4.69) is 14.9 Å². The maximum absolute atomic E-state index is 12.4. The topological polar surface area (TPSA) is 54.9 Å². The molecule has 6 heteroatoms. The maximum Gasteiger partial charge on any atom is 0.269 e. The first-order valence-corrected chi connectivity index (χ1v) is 8.05. The molecule has 106 valence electrons. The van der Waals surface area contributed by atoms with Gasteiger partial charge < -0.3 is 5.32 Å². The van der Waals surface area contributed by atoms with Crippen LogP contribution in [0.25, 0.3) is 10.6 Å². The summed E-state index contributed by atoms with van der Waals surface area (Å²) in [6.07, 6.45) is 0. The summed E-state index contributed by atoms with van der Waals surface area (Å²) in [6.45, 7) is 4.07. The van der Waals surface area contributed by atoms with Crippen molar-refractivity contribution in [3.63, 3.8) is 0 Å². The molecule has 0 bridgehead atoms. The van der Waals surface area contributed by atoms with E-state index >= 15 is 0 Å². The first-order valence-electron chi connectivity index (χ1n) is 6.40. The summed E-state index contributed by atoms with van der Waals surface area (Å²) in [6, 6.07) is 9.74. The van der Waals surface area contributed by atoms with Gasteiger partial charge in [0.25, 0.3) is 5.91 Å². The Kier molecular flexibility index (Phi) is 3.81. The van der Waals surface area contributed by atoms with Crippen LogP contribution in [0.1, 0.15) is 20.8 Å². The van der Waals surface area contributed by atoms with Crippen molar-refractivity contribution < 1.29 is 4.79 Å². The minimum Gasteiger partial charge on any atom is -0.321 e. The SMILES string of the molecule is Cc1ccc(NC(=O)c2snnc2-c2cccs2)cc1C. The van der Waals surface area contributed by atoms with Crippen LogP contribution in [0.15, 0.2) is 35.7 Å². The fraction of sp³-hybridized carbons (Fsp3) is 0.133. The smallest absolute Gasteiger partial charge is 0.269 e. The minimum absolute atomic E-state index is 0.170. The lowest BCUT2D eigenvalue weighted by Crippen LogP contribution is -2.11. The Morgan fingerprint density at radius 2 is 2.05 bits per heavy atom. The van der Waals surface area contributed by atoms with Crippen molar-refractivity contribution in [3.05, 3.63) is 51.7 Å². The Morgan fingerprint density at radius 1 is 1.19 bits per heavy atom. The molecule has 2 aromatic heterocycles. The molecule has 1 N–H and O–H groups in total. The first-order chi connectivity index (χ1) is 10.1. The van der Waals surface area contributed by atoms with Gasteiger partial charge in [0.2, 0.25) is 0 Å². The van der Waals surface area contributed by atoms with Crippen molar-refractivity contribution in [2.45, 2.75) is 13.8 Å². The lowest BCUT2D eigenvalue weighted by molar-refractivity contribution is 0.103. The van der Waals surface area contributed by atoms with E-state index in [0.29, 0.717) is 10.6 Å². The van der Waals surface area contributed by atoms with Gasteiger partial charge in [0.1, 0.15) is 10.6 Å². The van der Waals surface area contributed by atoms with Gasteiger partial charge in [-0.25, -0.2) is 0 Å². The molecule has 2 heterocycles. The Bertz CT molecular complexity index is 778. The summed E-state index contributed by atoms with van der Waals surface area (Å²) in [5, 5.41) is 8.94. The summed E-state index contributed by atoms with van der Waals surface area (Å²) in [4.78, 5) is 13.9. The number of anilines is 1. The van der Waals surface area contributed by atoms with E-state index in [9.17, 15) is 4.79 Å². The molecule has 0 saturated carbocycles. The third-order valence-corrected chi connectivity index (χ3v) is 4.81. The Morgan fingerprint density at radius 3 is 2.76 bits per heavy atom. The van der Waals surface area contributed by atoms with E-state index in [1.54, 1.807) is 11.3 Å². The van der Waals surface area contributed by atoms with E-state index in [1.165, 1.54) is 5.56 Å². The summed E-state index contributed by atoms with van der Waals surface area (Å²) in [7, 11) is 0. The standard InChI is InChI=1S/C15H13N3OS2/c1-9-5-6-11(8-10(9)2)16-15(19)14-13(17-18-21-14)12-4-3-7-20-12/h3-8H,1-2H3,(H,16,19). The molecule has 0 unspecified atom stereocenters. The van der Waals surface area contributed by atoms with Crippen molar-refractivity contribution in [2.24, 2.45) is 0 Å². The average molecular weight is 315 g/mol. The number of aryl methyl sites for hydroxylation is 2. The van der Waals surface area contributed by atoms with E-state index in [-0.39, 0.29) is 5.91 Å². The van der Waals surface area contributed by atoms with Crippen LogP contribution in [0.2, 0.25) is 0 Å². The van der Waals surface area contributed by atoms with Crippen molar-refractivity contribution in [1.82, 2.24) is 9.59 Å². The zero-order chi connectivity index (χ0) is 14.8. The van der Waals surface area contributed by atoms with Gasteiger partial charge in [0.15, 0.2) is 0 Å². The number of nitrogens with zero attached hydrogens (tertiary/aromatic N) is 2. The fourth-order valence-electron chi connectivity index (χ4n) is 1.92. The van der Waals surface area contributed by atoms with Gasteiger partial charge in [0, 0.05) is 5.69 Å². The third kappa shape index (κ3) is 2.86. The molecule has 1 amide bonds. The first kappa shape index (κ1) is 13.9. The Balaban J connectivity index is 1.86. The van der Waals surface area contributed by atoms with Crippen LogP contribution in [0.3, 0.4) is 0 Å². The van der Waals surface area contributed by atoms with E-state index in [4.69, 9.17) is 0 Å². The van der Waals surface area contributed by atoms with Gasteiger partial charge in [-0.1, -0.05) is 16.6 Å². The van der Waals surface area contributed by atoms with E-state index in [0.717, 1.165) is 27.7 Å². The minimum atomic E-state index is -0.170. The number of hydrogen-bond donors (Lipinski definition) is 1. The number of hydrogen-bond acceptors (Lipinski definition) is 5. The molecule has 0 spiro atoms. The van der Waals surface area contributed by atoms with Gasteiger partial charge in [-0.2, -0.15) is 0 Å². The highest BCUT2D eigenvalue weighted by molar-refractivity contribution is 7.14. The van der Waals surface area contributed by atoms with Crippen molar-refractivity contribution in [1.29, 1.82) is 0 Å². The number of carbonyl (C=O) groups is 1. The molecule has 0 aliphatic rings. The molecule has 0 atom stereocenters. The lowest BCUT2D eigenvalue weighted by Gasteiger charge is -2.06. The Labute approximate surface area is 130 Å². The van der Waals surface area contributed by atoms with Crippen LogP contribution in [0, 0.1) is 13.8 Å². The van der Waals surface area contributed by atoms with Crippen LogP contribution < -0.4 is 5.32 Å². The molecular weight excluding hydrogens is 302 g/mol. The second-order valence-electron chi connectivity index (χ2n) is 4.68. The molecule has 0 fully saturated rings. The predicted octanol–water partition coefficient (Wildman–Crippen LogP) is 4.14.